The van der Waals surface area contributed by atoms with Gasteiger partial charge in [0.25, 0.3) is 0 Å². The fraction of sp³-hybridized carbons (Fsp3) is 1.00. The minimum absolute atomic E-state index is 0.548. The molecule has 0 bridgehead atoms. The number of hydrogen-bond acceptors (Lipinski definition) is 3. The predicted octanol–water partition coefficient (Wildman–Crippen LogP) is 2.16. The third kappa shape index (κ3) is 2.94. The zero-order valence-electron chi connectivity index (χ0n) is 9.25. The van der Waals surface area contributed by atoms with E-state index in [1.165, 1.54) is 32.6 Å². The van der Waals surface area contributed by atoms with Crippen LogP contribution in [-0.4, -0.2) is 21.8 Å². The Morgan fingerprint density at radius 2 is 1.50 bits per heavy atom. The molecule has 3 nitrogen and oxygen atoms in total. The van der Waals surface area contributed by atoms with Gasteiger partial charge in [-0.15, -0.1) is 0 Å². The highest BCUT2D eigenvalue weighted by atomic mass is 16.8. The summed E-state index contributed by atoms with van der Waals surface area (Å²) in [6.45, 7) is 3.70. The molecular weight excluding hydrogens is 180 g/mol. The summed E-state index contributed by atoms with van der Waals surface area (Å²) in [6, 6.07) is 0. The molecule has 1 fully saturated rings. The van der Waals surface area contributed by atoms with E-state index in [1.54, 1.807) is 0 Å². The Kier molecular flexibility index (Phi) is 3.93. The molecule has 14 heavy (non-hydrogen) atoms. The lowest BCUT2D eigenvalue weighted by Gasteiger charge is -2.06. The summed E-state index contributed by atoms with van der Waals surface area (Å²) in [5.41, 5.74) is 0. The van der Waals surface area contributed by atoms with E-state index in [4.69, 9.17) is 4.74 Å². The second-order valence-corrected chi connectivity index (χ2v) is 4.39. The molecular formula is C11H22O3. The van der Waals surface area contributed by atoms with Crippen LogP contribution in [-0.2, 0) is 4.74 Å². The third-order valence-electron chi connectivity index (χ3n) is 2.92. The topological polar surface area (TPSA) is 53.0 Å². The fourth-order valence-corrected chi connectivity index (χ4v) is 1.73. The highest BCUT2D eigenvalue weighted by molar-refractivity contribution is 4.96. The Balaban J connectivity index is 1.95. The van der Waals surface area contributed by atoms with Crippen LogP contribution in [0, 0.1) is 0 Å². The highest BCUT2D eigenvalue weighted by Crippen LogP contribution is 2.46. The van der Waals surface area contributed by atoms with Gasteiger partial charge < -0.3 is 14.9 Å². The summed E-state index contributed by atoms with van der Waals surface area (Å²) < 4.78 is 4.83. The average Bonchev–Trinajstić information content (AvgIpc) is 2.59. The molecule has 1 rings (SSSR count). The van der Waals surface area contributed by atoms with E-state index in [0.29, 0.717) is 6.42 Å². The Morgan fingerprint density at radius 1 is 1.00 bits per heavy atom. The monoisotopic (exact) mass is 202 g/mol. The average molecular weight is 202 g/mol. The summed E-state index contributed by atoms with van der Waals surface area (Å²) in [6.07, 6.45) is 7.61. The summed E-state index contributed by atoms with van der Waals surface area (Å²) in [5.74, 6) is -2.55. The van der Waals surface area contributed by atoms with Crippen LogP contribution >= 0.6 is 0 Å². The van der Waals surface area contributed by atoms with E-state index in [-0.39, 0.29) is 0 Å². The third-order valence-corrected chi connectivity index (χ3v) is 2.92. The number of unbranched alkanes of at least 4 members (excludes halogenated alkanes) is 5. The van der Waals surface area contributed by atoms with Gasteiger partial charge in [-0.2, -0.15) is 0 Å². The first-order chi connectivity index (χ1) is 6.52. The number of hydrogen-bond donors (Lipinski definition) is 2. The van der Waals surface area contributed by atoms with E-state index < -0.39 is 11.6 Å². The summed E-state index contributed by atoms with van der Waals surface area (Å²) in [4.78, 5) is 0. The van der Waals surface area contributed by atoms with Gasteiger partial charge in [0.2, 0.25) is 11.6 Å². The molecule has 3 heteroatoms. The molecule has 1 aliphatic rings. The fourth-order valence-electron chi connectivity index (χ4n) is 1.73. The van der Waals surface area contributed by atoms with Gasteiger partial charge in [-0.3, -0.25) is 0 Å². The molecule has 2 unspecified atom stereocenters. The normalized spacial score (nSPS) is 36.0. The molecule has 1 heterocycles. The lowest BCUT2D eigenvalue weighted by Crippen LogP contribution is -2.22. The summed E-state index contributed by atoms with van der Waals surface area (Å²) >= 11 is 0. The van der Waals surface area contributed by atoms with Crippen LogP contribution in [0.5, 0.6) is 0 Å². The lowest BCUT2D eigenvalue weighted by atomic mass is 10.0. The molecule has 0 aromatic heterocycles. The molecule has 0 aromatic rings. The second kappa shape index (κ2) is 4.60. The first kappa shape index (κ1) is 12.0. The first-order valence-electron chi connectivity index (χ1n) is 5.67. The molecule has 2 N–H and O–H groups in total. The van der Waals surface area contributed by atoms with Crippen molar-refractivity contribution < 1.29 is 14.9 Å². The number of epoxide rings is 1. The summed E-state index contributed by atoms with van der Waals surface area (Å²) in [7, 11) is 0. The molecule has 1 aliphatic heterocycles. The van der Waals surface area contributed by atoms with Gasteiger partial charge >= 0.3 is 0 Å². The van der Waals surface area contributed by atoms with Crippen molar-refractivity contribution in [2.45, 2.75) is 70.4 Å². The van der Waals surface area contributed by atoms with Crippen molar-refractivity contribution in [2.75, 3.05) is 0 Å². The Bertz CT molecular complexity index is 179. The van der Waals surface area contributed by atoms with Gasteiger partial charge in [-0.25, -0.2) is 0 Å². The van der Waals surface area contributed by atoms with E-state index in [9.17, 15) is 10.2 Å². The van der Waals surface area contributed by atoms with Gasteiger partial charge in [0, 0.05) is 6.42 Å². The minimum Gasteiger partial charge on any atom is -0.361 e. The second-order valence-electron chi connectivity index (χ2n) is 4.39. The van der Waals surface area contributed by atoms with Crippen molar-refractivity contribution in [3.63, 3.8) is 0 Å². The number of aliphatic hydroxyl groups is 2. The first-order valence-corrected chi connectivity index (χ1v) is 5.67. The van der Waals surface area contributed by atoms with Gasteiger partial charge in [-0.1, -0.05) is 39.0 Å². The maximum absolute atomic E-state index is 9.59. The van der Waals surface area contributed by atoms with Crippen LogP contribution in [0.1, 0.15) is 58.8 Å². The van der Waals surface area contributed by atoms with Crippen molar-refractivity contribution in [1.29, 1.82) is 0 Å². The molecule has 1 saturated heterocycles. The van der Waals surface area contributed by atoms with Crippen LogP contribution in [0.4, 0.5) is 0 Å². The molecule has 0 spiro atoms. The SMILES string of the molecule is CCCCCCCCC1(O)OC1(C)O. The van der Waals surface area contributed by atoms with Crippen molar-refractivity contribution in [2.24, 2.45) is 0 Å². The van der Waals surface area contributed by atoms with E-state index in [2.05, 4.69) is 6.92 Å². The van der Waals surface area contributed by atoms with E-state index in [0.717, 1.165) is 12.8 Å². The van der Waals surface area contributed by atoms with Gasteiger partial charge in [-0.05, 0) is 13.3 Å². The van der Waals surface area contributed by atoms with Crippen molar-refractivity contribution in [1.82, 2.24) is 0 Å². The maximum Gasteiger partial charge on any atom is 0.223 e. The van der Waals surface area contributed by atoms with Crippen molar-refractivity contribution in [3.05, 3.63) is 0 Å². The molecule has 0 radical (unpaired) electrons. The van der Waals surface area contributed by atoms with Gasteiger partial charge in [0.05, 0.1) is 0 Å². The highest BCUT2D eigenvalue weighted by Gasteiger charge is 2.65. The van der Waals surface area contributed by atoms with E-state index in [1.807, 2.05) is 0 Å². The molecule has 0 amide bonds. The standard InChI is InChI=1S/C11H22O3/c1-3-4-5-6-7-8-9-11(13)10(2,12)14-11/h12-13H,3-9H2,1-2H3. The lowest BCUT2D eigenvalue weighted by molar-refractivity contribution is 0.0188. The molecule has 0 saturated carbocycles. The zero-order valence-corrected chi connectivity index (χ0v) is 9.25. The van der Waals surface area contributed by atoms with Crippen molar-refractivity contribution >= 4 is 0 Å². The van der Waals surface area contributed by atoms with Crippen molar-refractivity contribution in [3.8, 4) is 0 Å². The van der Waals surface area contributed by atoms with Crippen LogP contribution in [0.3, 0.4) is 0 Å². The molecule has 2 atom stereocenters. The number of rotatable bonds is 7. The Hall–Kier alpha value is -0.120. The summed E-state index contributed by atoms with van der Waals surface area (Å²) in [5, 5.41) is 18.9. The predicted molar refractivity (Wildman–Crippen MR) is 54.7 cm³/mol. The number of ether oxygens (including phenoxy) is 1. The zero-order chi connectivity index (χ0) is 10.7. The quantitative estimate of drug-likeness (QED) is 0.491. The smallest absolute Gasteiger partial charge is 0.223 e. The van der Waals surface area contributed by atoms with Crippen LogP contribution in [0.2, 0.25) is 0 Å². The van der Waals surface area contributed by atoms with Crippen LogP contribution in [0.25, 0.3) is 0 Å². The minimum atomic E-state index is -1.30. The molecule has 0 aliphatic carbocycles. The van der Waals surface area contributed by atoms with E-state index >= 15 is 0 Å². The van der Waals surface area contributed by atoms with Crippen LogP contribution in [0.15, 0.2) is 0 Å². The van der Waals surface area contributed by atoms with Gasteiger partial charge in [0.15, 0.2) is 0 Å². The Morgan fingerprint density at radius 3 is 2.00 bits per heavy atom. The molecule has 0 aromatic carbocycles. The largest absolute Gasteiger partial charge is 0.361 e. The van der Waals surface area contributed by atoms with Gasteiger partial charge in [0.1, 0.15) is 0 Å². The van der Waals surface area contributed by atoms with Crippen LogP contribution < -0.4 is 0 Å². The maximum atomic E-state index is 9.59. The Labute approximate surface area is 86.1 Å². The molecule has 84 valence electrons.